The summed E-state index contributed by atoms with van der Waals surface area (Å²) in [5, 5.41) is 4.05. The monoisotopic (exact) mass is 231 g/mol. The van der Waals surface area contributed by atoms with Crippen molar-refractivity contribution in [2.45, 2.75) is 62.5 Å². The molecule has 0 amide bonds. The molecule has 0 aromatic carbocycles. The Hall–Kier alpha value is 0.210. The van der Waals surface area contributed by atoms with Crippen LogP contribution in [0.5, 0.6) is 0 Å². The number of halogens is 1. The first kappa shape index (κ1) is 11.7. The van der Waals surface area contributed by atoms with Gasteiger partial charge in [-0.25, -0.2) is 0 Å². The van der Waals surface area contributed by atoms with Crippen molar-refractivity contribution >= 4 is 11.6 Å². The number of hydrogen-bond acceptors (Lipinski definition) is 2. The summed E-state index contributed by atoms with van der Waals surface area (Å²) in [5.41, 5.74) is 0. The molecule has 2 nitrogen and oxygen atoms in total. The number of rotatable bonds is 3. The maximum absolute atomic E-state index is 6.08. The van der Waals surface area contributed by atoms with E-state index in [0.29, 0.717) is 17.5 Å². The Labute approximate surface area is 97.7 Å². The molecule has 1 unspecified atom stereocenters. The van der Waals surface area contributed by atoms with Gasteiger partial charge < -0.3 is 10.1 Å². The van der Waals surface area contributed by atoms with Crippen LogP contribution in [0.1, 0.15) is 44.9 Å². The van der Waals surface area contributed by atoms with Gasteiger partial charge in [0.1, 0.15) is 0 Å². The van der Waals surface area contributed by atoms with Gasteiger partial charge in [-0.05, 0) is 44.9 Å². The molecular weight excluding hydrogens is 210 g/mol. The van der Waals surface area contributed by atoms with Crippen molar-refractivity contribution in [2.24, 2.45) is 0 Å². The Kier molecular flexibility index (Phi) is 4.73. The Balaban J connectivity index is 1.60. The summed E-state index contributed by atoms with van der Waals surface area (Å²) in [6.07, 6.45) is 9.09. The molecular formula is C12H22ClNO. The van der Waals surface area contributed by atoms with Gasteiger partial charge in [-0.3, -0.25) is 0 Å². The predicted octanol–water partition coefficient (Wildman–Crippen LogP) is 2.70. The molecule has 0 aromatic heterocycles. The quantitative estimate of drug-likeness (QED) is 0.755. The number of alkyl halides is 1. The van der Waals surface area contributed by atoms with Crippen LogP contribution in [0.25, 0.3) is 0 Å². The summed E-state index contributed by atoms with van der Waals surface area (Å²) in [5.74, 6) is 0. The number of nitrogens with one attached hydrogen (secondary N) is 1. The molecule has 1 aliphatic carbocycles. The smallest absolute Gasteiger partial charge is 0.0699 e. The highest BCUT2D eigenvalue weighted by molar-refractivity contribution is 6.20. The summed E-state index contributed by atoms with van der Waals surface area (Å²) in [7, 11) is 0. The standard InChI is InChI=1S/C12H22ClNO/c13-10-4-6-11(7-5-10)14-9-12-3-1-2-8-15-12/h10-12,14H,1-9H2. The van der Waals surface area contributed by atoms with Crippen molar-refractivity contribution in [3.8, 4) is 0 Å². The molecule has 0 bridgehead atoms. The molecule has 1 saturated heterocycles. The summed E-state index contributed by atoms with van der Waals surface area (Å²) in [6, 6.07) is 0.686. The van der Waals surface area contributed by atoms with Gasteiger partial charge in [0, 0.05) is 24.6 Å². The lowest BCUT2D eigenvalue weighted by Gasteiger charge is -2.29. The first-order valence-electron chi connectivity index (χ1n) is 6.33. The van der Waals surface area contributed by atoms with E-state index in [1.807, 2.05) is 0 Å². The lowest BCUT2D eigenvalue weighted by Crippen LogP contribution is -2.40. The average molecular weight is 232 g/mol. The van der Waals surface area contributed by atoms with Crippen LogP contribution < -0.4 is 5.32 Å². The van der Waals surface area contributed by atoms with E-state index < -0.39 is 0 Å². The molecule has 0 spiro atoms. The second-order valence-corrected chi connectivity index (χ2v) is 5.46. The molecule has 1 N–H and O–H groups in total. The fourth-order valence-corrected chi connectivity index (χ4v) is 2.78. The lowest BCUT2D eigenvalue weighted by molar-refractivity contribution is 0.0147. The van der Waals surface area contributed by atoms with Crippen LogP contribution in [0.2, 0.25) is 0 Å². The van der Waals surface area contributed by atoms with Crippen LogP contribution in [0.4, 0.5) is 0 Å². The van der Waals surface area contributed by atoms with E-state index in [1.165, 1.54) is 44.9 Å². The Bertz CT molecular complexity index is 174. The van der Waals surface area contributed by atoms with Crippen LogP contribution in [-0.4, -0.2) is 30.7 Å². The molecule has 3 heteroatoms. The fourth-order valence-electron chi connectivity index (χ4n) is 2.52. The minimum Gasteiger partial charge on any atom is -0.377 e. The molecule has 1 saturated carbocycles. The Morgan fingerprint density at radius 2 is 1.87 bits per heavy atom. The minimum absolute atomic E-state index is 0.425. The van der Waals surface area contributed by atoms with Gasteiger partial charge in [0.15, 0.2) is 0 Å². The third-order valence-electron chi connectivity index (χ3n) is 3.56. The van der Waals surface area contributed by atoms with Crippen LogP contribution >= 0.6 is 11.6 Å². The third kappa shape index (κ3) is 3.93. The van der Waals surface area contributed by atoms with E-state index in [1.54, 1.807) is 0 Å². The molecule has 88 valence electrons. The molecule has 0 aromatic rings. The maximum atomic E-state index is 6.08. The fraction of sp³-hybridized carbons (Fsp3) is 1.00. The highest BCUT2D eigenvalue weighted by Crippen LogP contribution is 2.23. The van der Waals surface area contributed by atoms with Crippen LogP contribution in [0, 0.1) is 0 Å². The van der Waals surface area contributed by atoms with Gasteiger partial charge in [0.05, 0.1) is 6.10 Å². The largest absolute Gasteiger partial charge is 0.377 e. The van der Waals surface area contributed by atoms with Gasteiger partial charge >= 0.3 is 0 Å². The van der Waals surface area contributed by atoms with Crippen molar-refractivity contribution in [1.29, 1.82) is 0 Å². The summed E-state index contributed by atoms with van der Waals surface area (Å²) >= 11 is 6.08. The van der Waals surface area contributed by atoms with Gasteiger partial charge in [-0.15, -0.1) is 11.6 Å². The normalized spacial score (nSPS) is 37.8. The van der Waals surface area contributed by atoms with E-state index in [-0.39, 0.29) is 0 Å². The zero-order valence-electron chi connectivity index (χ0n) is 9.38. The zero-order valence-corrected chi connectivity index (χ0v) is 10.1. The maximum Gasteiger partial charge on any atom is 0.0699 e. The lowest BCUT2D eigenvalue weighted by atomic mass is 9.95. The zero-order chi connectivity index (χ0) is 10.5. The number of ether oxygens (including phenoxy) is 1. The molecule has 2 aliphatic rings. The molecule has 15 heavy (non-hydrogen) atoms. The van der Waals surface area contributed by atoms with Crippen LogP contribution in [0.3, 0.4) is 0 Å². The highest BCUT2D eigenvalue weighted by Gasteiger charge is 2.20. The Morgan fingerprint density at radius 3 is 2.53 bits per heavy atom. The molecule has 1 heterocycles. The SMILES string of the molecule is ClC1CCC(NCC2CCCCO2)CC1. The molecule has 1 atom stereocenters. The first-order chi connectivity index (χ1) is 7.34. The third-order valence-corrected chi connectivity index (χ3v) is 4.00. The first-order valence-corrected chi connectivity index (χ1v) is 6.77. The van der Waals surface area contributed by atoms with Crippen molar-refractivity contribution in [2.75, 3.05) is 13.2 Å². The van der Waals surface area contributed by atoms with E-state index in [2.05, 4.69) is 5.32 Å². The van der Waals surface area contributed by atoms with Gasteiger partial charge in [-0.1, -0.05) is 0 Å². The molecule has 2 fully saturated rings. The van der Waals surface area contributed by atoms with Gasteiger partial charge in [-0.2, -0.15) is 0 Å². The van der Waals surface area contributed by atoms with E-state index in [4.69, 9.17) is 16.3 Å². The average Bonchev–Trinajstić information content (AvgIpc) is 2.30. The highest BCUT2D eigenvalue weighted by atomic mass is 35.5. The summed E-state index contributed by atoms with van der Waals surface area (Å²) < 4.78 is 5.70. The summed E-state index contributed by atoms with van der Waals surface area (Å²) in [6.45, 7) is 2.00. The van der Waals surface area contributed by atoms with Gasteiger partial charge in [0.2, 0.25) is 0 Å². The van der Waals surface area contributed by atoms with E-state index in [0.717, 1.165) is 13.2 Å². The number of hydrogen-bond donors (Lipinski definition) is 1. The topological polar surface area (TPSA) is 21.3 Å². The molecule has 2 rings (SSSR count). The molecule has 1 aliphatic heterocycles. The van der Waals surface area contributed by atoms with E-state index in [9.17, 15) is 0 Å². The van der Waals surface area contributed by atoms with Crippen molar-refractivity contribution < 1.29 is 4.74 Å². The van der Waals surface area contributed by atoms with Crippen LogP contribution in [-0.2, 0) is 4.74 Å². The van der Waals surface area contributed by atoms with Gasteiger partial charge in [0.25, 0.3) is 0 Å². The van der Waals surface area contributed by atoms with Crippen molar-refractivity contribution in [1.82, 2.24) is 5.32 Å². The van der Waals surface area contributed by atoms with Crippen molar-refractivity contribution in [3.05, 3.63) is 0 Å². The van der Waals surface area contributed by atoms with Crippen LogP contribution in [0.15, 0.2) is 0 Å². The second kappa shape index (κ2) is 6.07. The second-order valence-electron chi connectivity index (χ2n) is 4.85. The minimum atomic E-state index is 0.425. The Morgan fingerprint density at radius 1 is 1.07 bits per heavy atom. The summed E-state index contributed by atoms with van der Waals surface area (Å²) in [4.78, 5) is 0. The predicted molar refractivity (Wildman–Crippen MR) is 63.5 cm³/mol. The van der Waals surface area contributed by atoms with Crippen molar-refractivity contribution in [3.63, 3.8) is 0 Å². The molecule has 0 radical (unpaired) electrons. The van der Waals surface area contributed by atoms with E-state index >= 15 is 0 Å².